The van der Waals surface area contributed by atoms with E-state index in [1.807, 2.05) is 30.3 Å². The molecular weight excluding hydrogens is 326 g/mol. The lowest BCUT2D eigenvalue weighted by molar-refractivity contribution is -0.124. The monoisotopic (exact) mass is 345 g/mol. The minimum atomic E-state index is -1.27. The van der Waals surface area contributed by atoms with E-state index in [9.17, 15) is 13.8 Å². The molecule has 0 aliphatic carbocycles. The van der Waals surface area contributed by atoms with Crippen molar-refractivity contribution < 1.29 is 18.5 Å². The van der Waals surface area contributed by atoms with Crippen molar-refractivity contribution >= 4 is 22.7 Å². The maximum Gasteiger partial charge on any atom is 0.339 e. The highest BCUT2D eigenvalue weighted by Crippen LogP contribution is 2.15. The molecule has 0 unspecified atom stereocenters. The quantitative estimate of drug-likeness (QED) is 0.782. The molecule has 0 saturated carbocycles. The van der Waals surface area contributed by atoms with Crippen LogP contribution in [0.3, 0.4) is 0 Å². The van der Waals surface area contributed by atoms with E-state index in [2.05, 4.69) is 5.32 Å². The van der Waals surface area contributed by atoms with E-state index in [0.29, 0.717) is 17.2 Å². The second-order valence-electron chi connectivity index (χ2n) is 4.97. The Morgan fingerprint density at radius 1 is 1.04 bits per heavy atom. The molecular formula is C18H19NO4S. The molecule has 126 valence electrons. The summed E-state index contributed by atoms with van der Waals surface area (Å²) in [5, 5.41) is 2.68. The number of carbonyl (C=O) groups is 2. The molecule has 2 aromatic carbocycles. The van der Waals surface area contributed by atoms with Crippen LogP contribution in [-0.2, 0) is 26.9 Å². The maximum atomic E-state index is 12.1. The summed E-state index contributed by atoms with van der Waals surface area (Å²) in [6, 6.07) is 16.0. The summed E-state index contributed by atoms with van der Waals surface area (Å²) in [6.07, 6.45) is 0. The van der Waals surface area contributed by atoms with Crippen LogP contribution in [-0.4, -0.2) is 28.4 Å². The van der Waals surface area contributed by atoms with Crippen molar-refractivity contribution in [3.63, 3.8) is 0 Å². The average molecular weight is 345 g/mol. The maximum absolute atomic E-state index is 12.1. The van der Waals surface area contributed by atoms with Crippen LogP contribution >= 0.6 is 0 Å². The van der Waals surface area contributed by atoms with Gasteiger partial charge in [0.2, 0.25) is 0 Å². The van der Waals surface area contributed by atoms with Crippen LogP contribution in [0.1, 0.15) is 22.8 Å². The molecule has 1 amide bonds. The second-order valence-corrected chi connectivity index (χ2v) is 6.68. The number of hydrogen-bond donors (Lipinski definition) is 1. The Kier molecular flexibility index (Phi) is 6.69. The standard InChI is InChI=1S/C18H19NO4S/c1-2-24(22)16-11-7-6-10-15(16)18(21)23-13-17(20)19-12-14-8-4-3-5-9-14/h3-11H,2,12-13H2,1H3,(H,19,20)/t24-/m1/s1. The van der Waals surface area contributed by atoms with Gasteiger partial charge in [-0.15, -0.1) is 0 Å². The molecule has 6 heteroatoms. The summed E-state index contributed by atoms with van der Waals surface area (Å²) in [4.78, 5) is 24.3. The van der Waals surface area contributed by atoms with Crippen molar-refractivity contribution in [1.82, 2.24) is 5.32 Å². The van der Waals surface area contributed by atoms with E-state index >= 15 is 0 Å². The first-order valence-corrected chi connectivity index (χ1v) is 8.89. The summed E-state index contributed by atoms with van der Waals surface area (Å²) in [5.41, 5.74) is 1.19. The Morgan fingerprint density at radius 3 is 2.42 bits per heavy atom. The molecule has 0 fully saturated rings. The first kappa shape index (κ1) is 17.9. The largest absolute Gasteiger partial charge is 0.452 e. The fraction of sp³-hybridized carbons (Fsp3) is 0.222. The van der Waals surface area contributed by atoms with E-state index in [1.54, 1.807) is 31.2 Å². The van der Waals surface area contributed by atoms with Gasteiger partial charge in [-0.1, -0.05) is 49.4 Å². The first-order chi connectivity index (χ1) is 11.6. The molecule has 1 N–H and O–H groups in total. The Hall–Kier alpha value is -2.47. The van der Waals surface area contributed by atoms with Crippen LogP contribution < -0.4 is 5.32 Å². The number of ether oxygens (including phenoxy) is 1. The number of amides is 1. The molecule has 0 aliphatic heterocycles. The van der Waals surface area contributed by atoms with Crippen LogP contribution in [0.4, 0.5) is 0 Å². The molecule has 2 aromatic rings. The van der Waals surface area contributed by atoms with Gasteiger partial charge in [0.1, 0.15) is 0 Å². The predicted octanol–water partition coefficient (Wildman–Crippen LogP) is 2.29. The van der Waals surface area contributed by atoms with E-state index in [0.717, 1.165) is 5.56 Å². The normalized spacial score (nSPS) is 11.5. The van der Waals surface area contributed by atoms with Gasteiger partial charge in [-0.3, -0.25) is 9.00 Å². The van der Waals surface area contributed by atoms with Crippen molar-refractivity contribution in [3.8, 4) is 0 Å². The smallest absolute Gasteiger partial charge is 0.339 e. The Labute approximate surface area is 143 Å². The lowest BCUT2D eigenvalue weighted by Gasteiger charge is -2.09. The number of rotatable bonds is 7. The Balaban J connectivity index is 1.89. The van der Waals surface area contributed by atoms with Gasteiger partial charge in [-0.25, -0.2) is 4.79 Å². The SMILES string of the molecule is CC[S@@](=O)c1ccccc1C(=O)OCC(=O)NCc1ccccc1. The molecule has 24 heavy (non-hydrogen) atoms. The van der Waals surface area contributed by atoms with E-state index in [1.165, 1.54) is 0 Å². The lowest BCUT2D eigenvalue weighted by atomic mass is 10.2. The first-order valence-electron chi connectivity index (χ1n) is 7.57. The number of hydrogen-bond acceptors (Lipinski definition) is 4. The third-order valence-corrected chi connectivity index (χ3v) is 4.65. The fourth-order valence-corrected chi connectivity index (χ4v) is 2.98. The molecule has 0 bridgehead atoms. The number of carbonyl (C=O) groups excluding carboxylic acids is 2. The van der Waals surface area contributed by atoms with Crippen molar-refractivity contribution in [1.29, 1.82) is 0 Å². The molecule has 2 rings (SSSR count). The van der Waals surface area contributed by atoms with Crippen molar-refractivity contribution in [2.24, 2.45) is 0 Å². The average Bonchev–Trinajstić information content (AvgIpc) is 2.64. The zero-order chi connectivity index (χ0) is 17.4. The van der Waals surface area contributed by atoms with E-state index < -0.39 is 16.8 Å². The summed E-state index contributed by atoms with van der Waals surface area (Å²) in [5.74, 6) is -0.634. The molecule has 0 aromatic heterocycles. The van der Waals surface area contributed by atoms with Gasteiger partial charge >= 0.3 is 5.97 Å². The van der Waals surface area contributed by atoms with Gasteiger partial charge in [-0.2, -0.15) is 0 Å². The summed E-state index contributed by atoms with van der Waals surface area (Å²) in [6.45, 7) is 1.77. The zero-order valence-corrected chi connectivity index (χ0v) is 14.2. The highest BCUT2D eigenvalue weighted by Gasteiger charge is 2.17. The third-order valence-electron chi connectivity index (χ3n) is 3.28. The topological polar surface area (TPSA) is 72.5 Å². The second kappa shape index (κ2) is 8.98. The molecule has 0 spiro atoms. The summed E-state index contributed by atoms with van der Waals surface area (Å²) in [7, 11) is -1.27. The van der Waals surface area contributed by atoms with Gasteiger partial charge in [0.15, 0.2) is 6.61 Å². The van der Waals surface area contributed by atoms with Crippen molar-refractivity contribution in [2.45, 2.75) is 18.4 Å². The van der Waals surface area contributed by atoms with Crippen molar-refractivity contribution in [3.05, 3.63) is 65.7 Å². The van der Waals surface area contributed by atoms with E-state index in [4.69, 9.17) is 4.74 Å². The van der Waals surface area contributed by atoms with Crippen LogP contribution in [0.25, 0.3) is 0 Å². The highest BCUT2D eigenvalue weighted by atomic mass is 32.2. The van der Waals surface area contributed by atoms with Crippen molar-refractivity contribution in [2.75, 3.05) is 12.4 Å². The molecule has 0 aliphatic rings. The van der Waals surface area contributed by atoms with Gasteiger partial charge in [0.05, 0.1) is 21.3 Å². The summed E-state index contributed by atoms with van der Waals surface area (Å²) < 4.78 is 17.0. The van der Waals surface area contributed by atoms with Crippen LogP contribution in [0.15, 0.2) is 59.5 Å². The van der Waals surface area contributed by atoms with Gasteiger partial charge < -0.3 is 10.1 Å². The van der Waals surface area contributed by atoms with E-state index in [-0.39, 0.29) is 18.1 Å². The number of benzene rings is 2. The minimum Gasteiger partial charge on any atom is -0.452 e. The van der Waals surface area contributed by atoms with Gasteiger partial charge in [0, 0.05) is 12.3 Å². The molecule has 0 heterocycles. The lowest BCUT2D eigenvalue weighted by Crippen LogP contribution is -2.28. The minimum absolute atomic E-state index is 0.230. The number of esters is 1. The fourth-order valence-electron chi connectivity index (χ4n) is 2.05. The number of nitrogens with one attached hydrogen (secondary N) is 1. The highest BCUT2D eigenvalue weighted by molar-refractivity contribution is 7.85. The predicted molar refractivity (Wildman–Crippen MR) is 92.0 cm³/mol. The molecule has 5 nitrogen and oxygen atoms in total. The van der Waals surface area contributed by atoms with Crippen LogP contribution in [0, 0.1) is 0 Å². The van der Waals surface area contributed by atoms with Gasteiger partial charge in [0.25, 0.3) is 5.91 Å². The molecule has 1 atom stereocenters. The third kappa shape index (κ3) is 5.03. The molecule has 0 saturated heterocycles. The zero-order valence-electron chi connectivity index (χ0n) is 13.4. The molecule has 0 radical (unpaired) electrons. The summed E-state index contributed by atoms with van der Waals surface area (Å²) >= 11 is 0. The Bertz CT molecular complexity index is 731. The van der Waals surface area contributed by atoms with Crippen LogP contribution in [0.5, 0.6) is 0 Å². The Morgan fingerprint density at radius 2 is 1.71 bits per heavy atom. The van der Waals surface area contributed by atoms with Crippen LogP contribution in [0.2, 0.25) is 0 Å². The van der Waals surface area contributed by atoms with Gasteiger partial charge in [-0.05, 0) is 17.7 Å².